The molecule has 32 heavy (non-hydrogen) atoms. The smallest absolute Gasteiger partial charge is 0.319 e. The minimum atomic E-state index is -0.306. The highest BCUT2D eigenvalue weighted by molar-refractivity contribution is 5.99. The van der Waals surface area contributed by atoms with E-state index >= 15 is 0 Å². The Morgan fingerprint density at radius 3 is 2.66 bits per heavy atom. The van der Waals surface area contributed by atoms with E-state index in [1.807, 2.05) is 30.3 Å². The van der Waals surface area contributed by atoms with E-state index in [1.54, 1.807) is 6.07 Å². The Balaban J connectivity index is 1.19. The lowest BCUT2D eigenvalue weighted by molar-refractivity contribution is 0.0946. The Morgan fingerprint density at radius 2 is 1.78 bits per heavy atom. The van der Waals surface area contributed by atoms with Crippen LogP contribution in [0.2, 0.25) is 0 Å². The Bertz CT molecular complexity index is 1170. The molecule has 6 heteroatoms. The van der Waals surface area contributed by atoms with E-state index < -0.39 is 0 Å². The maximum Gasteiger partial charge on any atom is 0.319 e. The molecule has 0 aromatic heterocycles. The predicted molar refractivity (Wildman–Crippen MR) is 124 cm³/mol. The number of anilines is 1. The van der Waals surface area contributed by atoms with E-state index in [9.17, 15) is 9.59 Å². The number of carbonyl (C=O) groups is 2. The van der Waals surface area contributed by atoms with E-state index in [1.165, 1.54) is 11.1 Å². The summed E-state index contributed by atoms with van der Waals surface area (Å²) in [6, 6.07) is 19.7. The fourth-order valence-corrected chi connectivity index (χ4v) is 4.20. The summed E-state index contributed by atoms with van der Waals surface area (Å²) in [5, 5.41) is 8.50. The first-order valence-corrected chi connectivity index (χ1v) is 11.0. The van der Waals surface area contributed by atoms with Gasteiger partial charge in [-0.1, -0.05) is 36.4 Å². The number of hydrogen-bond donors (Lipinski definition) is 3. The number of fused-ring (bicyclic) bond motifs is 2. The first-order valence-electron chi connectivity index (χ1n) is 11.0. The van der Waals surface area contributed by atoms with Gasteiger partial charge >= 0.3 is 6.03 Å². The van der Waals surface area contributed by atoms with Crippen LogP contribution in [-0.2, 0) is 19.4 Å². The molecule has 0 radical (unpaired) electrons. The van der Waals surface area contributed by atoms with E-state index in [4.69, 9.17) is 4.74 Å². The third-order valence-electron chi connectivity index (χ3n) is 5.94. The largest absolute Gasteiger partial charge is 0.493 e. The fourth-order valence-electron chi connectivity index (χ4n) is 4.20. The molecule has 5 rings (SSSR count). The van der Waals surface area contributed by atoms with E-state index in [-0.39, 0.29) is 11.9 Å². The van der Waals surface area contributed by atoms with E-state index in [0.29, 0.717) is 24.3 Å². The number of nitrogens with one attached hydrogen (secondary N) is 3. The minimum absolute atomic E-state index is 0.0955. The fraction of sp³-hybridized carbons (Fsp3) is 0.231. The zero-order chi connectivity index (χ0) is 21.9. The molecule has 6 nitrogen and oxygen atoms in total. The van der Waals surface area contributed by atoms with Crippen molar-refractivity contribution in [3.8, 4) is 16.9 Å². The summed E-state index contributed by atoms with van der Waals surface area (Å²) in [4.78, 5) is 24.3. The molecule has 3 aromatic rings. The average Bonchev–Trinajstić information content (AvgIpc) is 2.83. The van der Waals surface area contributed by atoms with Crippen LogP contribution >= 0.6 is 0 Å². The summed E-state index contributed by atoms with van der Waals surface area (Å²) < 4.78 is 5.70. The molecular weight excluding hydrogens is 402 g/mol. The summed E-state index contributed by atoms with van der Waals surface area (Å²) in [6.07, 6.45) is 2.92. The number of ether oxygens (including phenoxy) is 1. The first-order chi connectivity index (χ1) is 15.7. The van der Waals surface area contributed by atoms with Gasteiger partial charge in [-0.25, -0.2) is 4.79 Å². The summed E-state index contributed by atoms with van der Waals surface area (Å²) >= 11 is 0. The van der Waals surface area contributed by atoms with Gasteiger partial charge in [0.15, 0.2) is 0 Å². The second-order valence-corrected chi connectivity index (χ2v) is 8.16. The van der Waals surface area contributed by atoms with Gasteiger partial charge in [0.2, 0.25) is 0 Å². The third-order valence-corrected chi connectivity index (χ3v) is 5.94. The lowest BCUT2D eigenvalue weighted by Gasteiger charge is -2.18. The monoisotopic (exact) mass is 427 g/mol. The molecule has 3 aromatic carbocycles. The number of benzene rings is 3. The second-order valence-electron chi connectivity index (χ2n) is 8.16. The lowest BCUT2D eigenvalue weighted by atomic mass is 9.98. The van der Waals surface area contributed by atoms with Crippen molar-refractivity contribution in [3.05, 3.63) is 82.9 Å². The van der Waals surface area contributed by atoms with Crippen molar-refractivity contribution < 1.29 is 14.3 Å². The molecule has 2 aliphatic rings. The highest BCUT2D eigenvalue weighted by atomic mass is 16.5. The third kappa shape index (κ3) is 4.30. The molecule has 0 fully saturated rings. The molecule has 0 aliphatic carbocycles. The van der Waals surface area contributed by atoms with Gasteiger partial charge in [-0.15, -0.1) is 0 Å². The number of carbonyl (C=O) groups excluding carboxylic acids is 2. The molecule has 0 unspecified atom stereocenters. The molecular formula is C26H25N3O3. The van der Waals surface area contributed by atoms with Crippen molar-refractivity contribution in [2.24, 2.45) is 0 Å². The SMILES string of the molecule is O=C(NCc1ccc(-c2ccc3c(c2)CCCO3)cc1)Nc1ccc2c(c1)C(=O)NCC2. The van der Waals surface area contributed by atoms with Crippen LogP contribution in [0.1, 0.15) is 33.5 Å². The Labute approximate surface area is 187 Å². The van der Waals surface area contributed by atoms with Crippen molar-refractivity contribution in [2.75, 3.05) is 18.5 Å². The standard InChI is InChI=1S/C26H25N3O3/c30-25-23-15-22(9-7-19(23)11-12-27-25)29-26(31)28-16-17-3-5-18(6-4-17)20-8-10-24-21(14-20)2-1-13-32-24/h3-10,14-15H,1-2,11-13,16H2,(H,27,30)(H2,28,29,31). The highest BCUT2D eigenvalue weighted by Gasteiger charge is 2.17. The molecule has 3 amide bonds. The zero-order valence-corrected chi connectivity index (χ0v) is 17.7. The van der Waals surface area contributed by atoms with Crippen molar-refractivity contribution in [1.29, 1.82) is 0 Å². The Hall–Kier alpha value is -3.80. The first kappa shape index (κ1) is 20.1. The second kappa shape index (κ2) is 8.75. The molecule has 0 saturated carbocycles. The molecule has 0 bridgehead atoms. The van der Waals surface area contributed by atoms with E-state index in [0.717, 1.165) is 48.3 Å². The van der Waals surface area contributed by atoms with Crippen LogP contribution in [0.15, 0.2) is 60.7 Å². The number of urea groups is 1. The van der Waals surface area contributed by atoms with Crippen LogP contribution in [0.3, 0.4) is 0 Å². The van der Waals surface area contributed by atoms with Gasteiger partial charge in [0.05, 0.1) is 6.61 Å². The molecule has 162 valence electrons. The van der Waals surface area contributed by atoms with E-state index in [2.05, 4.69) is 40.2 Å². The lowest BCUT2D eigenvalue weighted by Crippen LogP contribution is -2.32. The number of aryl methyl sites for hydroxylation is 1. The number of rotatable bonds is 4. The highest BCUT2D eigenvalue weighted by Crippen LogP contribution is 2.30. The average molecular weight is 428 g/mol. The predicted octanol–water partition coefficient (Wildman–Crippen LogP) is 4.29. The van der Waals surface area contributed by atoms with Crippen LogP contribution in [0.5, 0.6) is 5.75 Å². The molecule has 3 N–H and O–H groups in total. The summed E-state index contributed by atoms with van der Waals surface area (Å²) in [7, 11) is 0. The van der Waals surface area contributed by atoms with Gasteiger partial charge in [0.25, 0.3) is 5.91 Å². The van der Waals surface area contributed by atoms with Crippen molar-refractivity contribution >= 4 is 17.6 Å². The maximum absolute atomic E-state index is 12.3. The van der Waals surface area contributed by atoms with Gasteiger partial charge in [0.1, 0.15) is 5.75 Å². The summed E-state index contributed by atoms with van der Waals surface area (Å²) in [5.41, 5.74) is 6.81. The van der Waals surface area contributed by atoms with Crippen molar-refractivity contribution in [3.63, 3.8) is 0 Å². The topological polar surface area (TPSA) is 79.5 Å². The molecule has 2 aliphatic heterocycles. The van der Waals surface area contributed by atoms with Gasteiger partial charge in [-0.3, -0.25) is 4.79 Å². The van der Waals surface area contributed by atoms with Gasteiger partial charge in [-0.05, 0) is 71.3 Å². The van der Waals surface area contributed by atoms with Crippen LogP contribution in [0.4, 0.5) is 10.5 Å². The van der Waals surface area contributed by atoms with Gasteiger partial charge < -0.3 is 20.7 Å². The molecule has 0 atom stereocenters. The van der Waals surface area contributed by atoms with Crippen molar-refractivity contribution in [1.82, 2.24) is 10.6 Å². The Kier molecular flexibility index (Phi) is 5.50. The summed E-state index contributed by atoms with van der Waals surface area (Å²) in [6.45, 7) is 1.86. The van der Waals surface area contributed by atoms with Gasteiger partial charge in [0, 0.05) is 24.3 Å². The maximum atomic E-state index is 12.3. The number of hydrogen-bond acceptors (Lipinski definition) is 3. The minimum Gasteiger partial charge on any atom is -0.493 e. The van der Waals surface area contributed by atoms with Gasteiger partial charge in [-0.2, -0.15) is 0 Å². The quantitative estimate of drug-likeness (QED) is 0.581. The van der Waals surface area contributed by atoms with Crippen LogP contribution in [0.25, 0.3) is 11.1 Å². The van der Waals surface area contributed by atoms with Crippen molar-refractivity contribution in [2.45, 2.75) is 25.8 Å². The number of amides is 3. The zero-order valence-electron chi connectivity index (χ0n) is 17.7. The van der Waals surface area contributed by atoms with Crippen LogP contribution in [0, 0.1) is 0 Å². The molecule has 0 saturated heterocycles. The normalized spacial score (nSPS) is 14.4. The molecule has 2 heterocycles. The van der Waals surface area contributed by atoms with Crippen LogP contribution in [-0.4, -0.2) is 25.1 Å². The molecule has 0 spiro atoms. The summed E-state index contributed by atoms with van der Waals surface area (Å²) in [5.74, 6) is 0.897. The Morgan fingerprint density at radius 1 is 0.938 bits per heavy atom. The van der Waals surface area contributed by atoms with Crippen LogP contribution < -0.4 is 20.7 Å².